The van der Waals surface area contributed by atoms with Crippen molar-refractivity contribution < 1.29 is 5.11 Å². The maximum atomic E-state index is 8.68. The van der Waals surface area contributed by atoms with Gasteiger partial charge >= 0.3 is 0 Å². The molecule has 0 fully saturated rings. The summed E-state index contributed by atoms with van der Waals surface area (Å²) < 4.78 is 0. The van der Waals surface area contributed by atoms with Crippen LogP contribution >= 0.6 is 0 Å². The molecule has 1 aromatic heterocycles. The number of benzene rings is 1. The minimum atomic E-state index is 0.295. The third kappa shape index (κ3) is 2.36. The third-order valence-electron chi connectivity index (χ3n) is 2.63. The van der Waals surface area contributed by atoms with Crippen LogP contribution in [0.5, 0.6) is 0 Å². The second-order valence-electron chi connectivity index (χ2n) is 3.75. The molecule has 0 radical (unpaired) electrons. The molecule has 0 spiro atoms. The van der Waals surface area contributed by atoms with Crippen molar-refractivity contribution in [1.82, 2.24) is 10.2 Å². The Morgan fingerprint density at radius 3 is 2.87 bits per heavy atom. The molecule has 80 valence electrons. The number of nitrogens with zero attached hydrogens (tertiary/aromatic N) is 1. The van der Waals surface area contributed by atoms with Crippen molar-refractivity contribution in [3.63, 3.8) is 0 Å². The van der Waals surface area contributed by atoms with Gasteiger partial charge in [0.15, 0.2) is 0 Å². The van der Waals surface area contributed by atoms with E-state index in [-0.39, 0.29) is 0 Å². The quantitative estimate of drug-likeness (QED) is 0.734. The number of unbranched alkanes of at least 4 members (excludes halogenated alkanes) is 2. The van der Waals surface area contributed by atoms with E-state index in [4.69, 9.17) is 5.11 Å². The first-order valence-corrected chi connectivity index (χ1v) is 5.44. The molecule has 1 aromatic carbocycles. The smallest absolute Gasteiger partial charge is 0.0923 e. The Bertz CT molecular complexity index is 422. The molecule has 0 aliphatic carbocycles. The van der Waals surface area contributed by atoms with Gasteiger partial charge in [0.05, 0.1) is 5.52 Å². The number of nitrogens with one attached hydrogen (secondary N) is 1. The molecule has 15 heavy (non-hydrogen) atoms. The SMILES string of the molecule is OCCCCCc1[nH]nc2ccccc12. The Morgan fingerprint density at radius 1 is 1.13 bits per heavy atom. The van der Waals surface area contributed by atoms with Crippen LogP contribution in [-0.2, 0) is 6.42 Å². The van der Waals surface area contributed by atoms with Gasteiger partial charge in [0.2, 0.25) is 0 Å². The Labute approximate surface area is 89.1 Å². The van der Waals surface area contributed by atoms with Crippen molar-refractivity contribution in [3.05, 3.63) is 30.0 Å². The fourth-order valence-electron chi connectivity index (χ4n) is 1.80. The summed E-state index contributed by atoms with van der Waals surface area (Å²) in [6, 6.07) is 8.15. The lowest BCUT2D eigenvalue weighted by Crippen LogP contribution is -1.89. The lowest BCUT2D eigenvalue weighted by atomic mass is 10.1. The van der Waals surface area contributed by atoms with Gasteiger partial charge in [0.1, 0.15) is 0 Å². The van der Waals surface area contributed by atoms with Crippen LogP contribution in [0.1, 0.15) is 25.0 Å². The number of aromatic nitrogens is 2. The van der Waals surface area contributed by atoms with Gasteiger partial charge in [0, 0.05) is 17.7 Å². The summed E-state index contributed by atoms with van der Waals surface area (Å²) in [4.78, 5) is 0. The molecular weight excluding hydrogens is 188 g/mol. The van der Waals surface area contributed by atoms with Gasteiger partial charge in [-0.15, -0.1) is 0 Å². The Kier molecular flexibility index (Phi) is 3.35. The molecule has 2 rings (SSSR count). The van der Waals surface area contributed by atoms with Gasteiger partial charge < -0.3 is 5.11 Å². The first kappa shape index (κ1) is 10.2. The number of hydrogen-bond donors (Lipinski definition) is 2. The lowest BCUT2D eigenvalue weighted by Gasteiger charge is -1.98. The molecule has 0 saturated heterocycles. The number of para-hydroxylation sites is 1. The van der Waals surface area contributed by atoms with E-state index in [1.54, 1.807) is 0 Å². The highest BCUT2D eigenvalue weighted by atomic mass is 16.2. The number of rotatable bonds is 5. The number of hydrogen-bond acceptors (Lipinski definition) is 2. The van der Waals surface area contributed by atoms with Crippen molar-refractivity contribution in [3.8, 4) is 0 Å². The summed E-state index contributed by atoms with van der Waals surface area (Å²) in [6.45, 7) is 0.295. The minimum Gasteiger partial charge on any atom is -0.396 e. The maximum Gasteiger partial charge on any atom is 0.0923 e. The Balaban J connectivity index is 2.02. The van der Waals surface area contributed by atoms with Gasteiger partial charge in [-0.2, -0.15) is 5.10 Å². The van der Waals surface area contributed by atoms with Crippen molar-refractivity contribution in [2.45, 2.75) is 25.7 Å². The molecule has 3 nitrogen and oxygen atoms in total. The van der Waals surface area contributed by atoms with Gasteiger partial charge in [-0.25, -0.2) is 0 Å². The molecule has 2 N–H and O–H groups in total. The van der Waals surface area contributed by atoms with Crippen LogP contribution in [0.4, 0.5) is 0 Å². The lowest BCUT2D eigenvalue weighted by molar-refractivity contribution is 0.283. The molecule has 0 saturated carbocycles. The number of aliphatic hydroxyl groups is 1. The van der Waals surface area contributed by atoms with E-state index in [1.807, 2.05) is 18.2 Å². The van der Waals surface area contributed by atoms with Gasteiger partial charge in [0.25, 0.3) is 0 Å². The van der Waals surface area contributed by atoms with Crippen molar-refractivity contribution in [2.75, 3.05) is 6.61 Å². The number of fused-ring (bicyclic) bond motifs is 1. The average Bonchev–Trinajstić information content (AvgIpc) is 2.68. The summed E-state index contributed by atoms with van der Waals surface area (Å²) in [5.41, 5.74) is 2.25. The fraction of sp³-hybridized carbons (Fsp3) is 0.417. The highest BCUT2D eigenvalue weighted by molar-refractivity contribution is 5.81. The van der Waals surface area contributed by atoms with Crippen LogP contribution in [0.25, 0.3) is 10.9 Å². The first-order chi connectivity index (χ1) is 7.42. The highest BCUT2D eigenvalue weighted by Gasteiger charge is 2.03. The molecule has 0 atom stereocenters. The van der Waals surface area contributed by atoms with Crippen LogP contribution in [0.3, 0.4) is 0 Å². The predicted octanol–water partition coefficient (Wildman–Crippen LogP) is 2.27. The molecule has 0 unspecified atom stereocenters. The minimum absolute atomic E-state index is 0.295. The topological polar surface area (TPSA) is 48.9 Å². The zero-order valence-electron chi connectivity index (χ0n) is 8.74. The summed E-state index contributed by atoms with van der Waals surface area (Å²) >= 11 is 0. The summed E-state index contributed by atoms with van der Waals surface area (Å²) in [5, 5.41) is 17.2. The predicted molar refractivity (Wildman–Crippen MR) is 60.7 cm³/mol. The van der Waals surface area contributed by atoms with E-state index in [9.17, 15) is 0 Å². The highest BCUT2D eigenvalue weighted by Crippen LogP contribution is 2.16. The number of aromatic amines is 1. The van der Waals surface area contributed by atoms with Gasteiger partial charge in [-0.1, -0.05) is 24.6 Å². The molecule has 0 bridgehead atoms. The molecule has 0 aliphatic rings. The van der Waals surface area contributed by atoms with E-state index in [0.717, 1.165) is 31.2 Å². The van der Waals surface area contributed by atoms with Crippen molar-refractivity contribution >= 4 is 10.9 Å². The second kappa shape index (κ2) is 4.94. The first-order valence-electron chi connectivity index (χ1n) is 5.44. The second-order valence-corrected chi connectivity index (χ2v) is 3.75. The molecule has 3 heteroatoms. The summed E-state index contributed by atoms with van der Waals surface area (Å²) in [5.74, 6) is 0. The van der Waals surface area contributed by atoms with E-state index in [0.29, 0.717) is 6.61 Å². The third-order valence-corrected chi connectivity index (χ3v) is 2.63. The number of aliphatic hydroxyl groups excluding tert-OH is 1. The van der Waals surface area contributed by atoms with Crippen LogP contribution in [0.2, 0.25) is 0 Å². The summed E-state index contributed by atoms with van der Waals surface area (Å²) in [7, 11) is 0. The molecule has 1 heterocycles. The molecule has 2 aromatic rings. The summed E-state index contributed by atoms with van der Waals surface area (Å²) in [6.07, 6.45) is 4.09. The Morgan fingerprint density at radius 2 is 2.00 bits per heavy atom. The Hall–Kier alpha value is -1.35. The number of H-pyrrole nitrogens is 1. The van der Waals surface area contributed by atoms with Crippen LogP contribution in [-0.4, -0.2) is 21.9 Å². The monoisotopic (exact) mass is 204 g/mol. The van der Waals surface area contributed by atoms with Gasteiger partial charge in [-0.3, -0.25) is 5.10 Å². The largest absolute Gasteiger partial charge is 0.396 e. The van der Waals surface area contributed by atoms with Crippen LogP contribution < -0.4 is 0 Å². The van der Waals surface area contributed by atoms with E-state index < -0.39 is 0 Å². The zero-order chi connectivity index (χ0) is 10.5. The van der Waals surface area contributed by atoms with Gasteiger partial charge in [-0.05, 0) is 25.3 Å². The standard InChI is InChI=1S/C12H16N2O/c15-9-5-1-2-7-11-10-6-3-4-8-12(10)14-13-11/h3-4,6,8,15H,1-2,5,7,9H2,(H,13,14). The molecule has 0 aliphatic heterocycles. The van der Waals surface area contributed by atoms with Crippen molar-refractivity contribution in [2.24, 2.45) is 0 Å². The fourth-order valence-corrected chi connectivity index (χ4v) is 1.80. The van der Waals surface area contributed by atoms with Crippen LogP contribution in [0.15, 0.2) is 24.3 Å². The van der Waals surface area contributed by atoms with E-state index in [1.165, 1.54) is 11.1 Å². The van der Waals surface area contributed by atoms with E-state index >= 15 is 0 Å². The molecular formula is C12H16N2O. The van der Waals surface area contributed by atoms with Crippen molar-refractivity contribution in [1.29, 1.82) is 0 Å². The van der Waals surface area contributed by atoms with E-state index in [2.05, 4.69) is 16.3 Å². The average molecular weight is 204 g/mol. The maximum absolute atomic E-state index is 8.68. The zero-order valence-corrected chi connectivity index (χ0v) is 8.74. The number of aryl methyl sites for hydroxylation is 1. The molecule has 0 amide bonds. The van der Waals surface area contributed by atoms with Crippen LogP contribution in [0, 0.1) is 0 Å². The normalized spacial score (nSPS) is 11.0.